The number of rotatable bonds is 4. The molecular formula is C19H32N2. The summed E-state index contributed by atoms with van der Waals surface area (Å²) in [5.41, 5.74) is 3.20. The van der Waals surface area contributed by atoms with Gasteiger partial charge in [-0.3, -0.25) is 0 Å². The molecule has 2 atom stereocenters. The van der Waals surface area contributed by atoms with Crippen molar-refractivity contribution in [1.82, 2.24) is 10.2 Å². The normalized spacial score (nSPS) is 24.2. The summed E-state index contributed by atoms with van der Waals surface area (Å²) in [6.45, 7) is 12.6. The first kappa shape index (κ1) is 16.5. The van der Waals surface area contributed by atoms with E-state index in [-0.39, 0.29) is 0 Å². The van der Waals surface area contributed by atoms with Crippen LogP contribution >= 0.6 is 0 Å². The smallest absolute Gasteiger partial charge is 0.0198 e. The number of likely N-dealkylation sites (N-methyl/N-ethyl adjacent to an activating group) is 1. The molecule has 1 aliphatic heterocycles. The van der Waals surface area contributed by atoms with Crippen LogP contribution in [0.4, 0.5) is 0 Å². The molecule has 1 aromatic carbocycles. The Morgan fingerprint density at radius 3 is 2.43 bits per heavy atom. The summed E-state index contributed by atoms with van der Waals surface area (Å²) >= 11 is 0. The zero-order valence-corrected chi connectivity index (χ0v) is 14.4. The van der Waals surface area contributed by atoms with Crippen molar-refractivity contribution in [3.05, 3.63) is 35.4 Å². The van der Waals surface area contributed by atoms with E-state index in [9.17, 15) is 0 Å². The Morgan fingerprint density at radius 2 is 1.81 bits per heavy atom. The SMILES string of the molecule is Cc1ccc(CC2CC(NCC(C)(C)C)CN(C)C2)cc1. The standard InChI is InChI=1S/C19H32N2/c1-15-6-8-16(9-7-15)10-17-11-18(13-21(5)12-17)20-14-19(2,3)4/h6-9,17-18,20H,10-14H2,1-5H3. The maximum atomic E-state index is 3.78. The first-order valence-corrected chi connectivity index (χ1v) is 8.29. The monoisotopic (exact) mass is 288 g/mol. The molecular weight excluding hydrogens is 256 g/mol. The minimum atomic E-state index is 0.364. The van der Waals surface area contributed by atoms with Gasteiger partial charge < -0.3 is 10.2 Å². The summed E-state index contributed by atoms with van der Waals surface area (Å²) in [7, 11) is 2.26. The number of hydrogen-bond donors (Lipinski definition) is 1. The summed E-state index contributed by atoms with van der Waals surface area (Å²) in [4.78, 5) is 2.49. The summed E-state index contributed by atoms with van der Waals surface area (Å²) in [6.07, 6.45) is 2.51. The number of likely N-dealkylation sites (tertiary alicyclic amines) is 1. The fraction of sp³-hybridized carbons (Fsp3) is 0.684. The highest BCUT2D eigenvalue weighted by atomic mass is 15.1. The van der Waals surface area contributed by atoms with Gasteiger partial charge in [0.1, 0.15) is 0 Å². The zero-order chi connectivity index (χ0) is 15.5. The Kier molecular flexibility index (Phi) is 5.45. The van der Waals surface area contributed by atoms with Crippen molar-refractivity contribution in [3.63, 3.8) is 0 Å². The van der Waals surface area contributed by atoms with Gasteiger partial charge in [0.05, 0.1) is 0 Å². The Morgan fingerprint density at radius 1 is 1.14 bits per heavy atom. The third-order valence-corrected chi connectivity index (χ3v) is 4.29. The van der Waals surface area contributed by atoms with Crippen LogP contribution in [0, 0.1) is 18.3 Å². The molecule has 0 radical (unpaired) electrons. The molecule has 0 amide bonds. The van der Waals surface area contributed by atoms with Crippen LogP contribution in [0.1, 0.15) is 38.3 Å². The van der Waals surface area contributed by atoms with Gasteiger partial charge in [0.15, 0.2) is 0 Å². The van der Waals surface area contributed by atoms with Crippen LogP contribution in [0.25, 0.3) is 0 Å². The number of nitrogens with one attached hydrogen (secondary N) is 1. The van der Waals surface area contributed by atoms with Gasteiger partial charge in [0, 0.05) is 25.7 Å². The second-order valence-electron chi connectivity index (χ2n) is 8.15. The Hall–Kier alpha value is -0.860. The van der Waals surface area contributed by atoms with Gasteiger partial charge in [-0.05, 0) is 43.7 Å². The van der Waals surface area contributed by atoms with Crippen LogP contribution in [0.5, 0.6) is 0 Å². The molecule has 0 saturated carbocycles. The van der Waals surface area contributed by atoms with Crippen molar-refractivity contribution in [2.75, 3.05) is 26.7 Å². The topological polar surface area (TPSA) is 15.3 Å². The highest BCUT2D eigenvalue weighted by molar-refractivity contribution is 5.21. The van der Waals surface area contributed by atoms with Crippen molar-refractivity contribution in [2.45, 2.75) is 46.6 Å². The van der Waals surface area contributed by atoms with E-state index in [0.717, 1.165) is 12.5 Å². The molecule has 1 N–H and O–H groups in total. The van der Waals surface area contributed by atoms with E-state index < -0.39 is 0 Å². The van der Waals surface area contributed by atoms with Crippen LogP contribution in [0.2, 0.25) is 0 Å². The van der Waals surface area contributed by atoms with Crippen LogP contribution in [0.15, 0.2) is 24.3 Å². The van der Waals surface area contributed by atoms with Gasteiger partial charge in [0.25, 0.3) is 0 Å². The quantitative estimate of drug-likeness (QED) is 0.912. The van der Waals surface area contributed by atoms with Crippen molar-refractivity contribution in [2.24, 2.45) is 11.3 Å². The van der Waals surface area contributed by atoms with Crippen LogP contribution in [0.3, 0.4) is 0 Å². The summed E-state index contributed by atoms with van der Waals surface area (Å²) in [6, 6.07) is 9.69. The van der Waals surface area contributed by atoms with Gasteiger partial charge in [-0.1, -0.05) is 50.6 Å². The second-order valence-corrected chi connectivity index (χ2v) is 8.15. The number of nitrogens with zero attached hydrogens (tertiary/aromatic N) is 1. The lowest BCUT2D eigenvalue weighted by atomic mass is 9.88. The first-order valence-electron chi connectivity index (χ1n) is 8.29. The largest absolute Gasteiger partial charge is 0.312 e. The molecule has 2 heteroatoms. The molecule has 1 heterocycles. The van der Waals surface area contributed by atoms with Crippen molar-refractivity contribution in [3.8, 4) is 0 Å². The molecule has 118 valence electrons. The van der Waals surface area contributed by atoms with Gasteiger partial charge in [-0.15, -0.1) is 0 Å². The lowest BCUT2D eigenvalue weighted by Crippen LogP contribution is -2.49. The fourth-order valence-electron chi connectivity index (χ4n) is 3.25. The summed E-state index contributed by atoms with van der Waals surface area (Å²) in [5, 5.41) is 3.78. The highest BCUT2D eigenvalue weighted by Gasteiger charge is 2.26. The average molecular weight is 288 g/mol. The molecule has 2 unspecified atom stereocenters. The Labute approximate surface area is 130 Å². The molecule has 0 aliphatic carbocycles. The lowest BCUT2D eigenvalue weighted by molar-refractivity contribution is 0.161. The number of hydrogen-bond acceptors (Lipinski definition) is 2. The third kappa shape index (κ3) is 5.80. The fourth-order valence-corrected chi connectivity index (χ4v) is 3.25. The predicted molar refractivity (Wildman–Crippen MR) is 91.7 cm³/mol. The highest BCUT2D eigenvalue weighted by Crippen LogP contribution is 2.21. The second kappa shape index (κ2) is 6.93. The van der Waals surface area contributed by atoms with Gasteiger partial charge in [-0.25, -0.2) is 0 Å². The van der Waals surface area contributed by atoms with Crippen molar-refractivity contribution < 1.29 is 0 Å². The van der Waals surface area contributed by atoms with E-state index in [1.165, 1.54) is 37.1 Å². The van der Waals surface area contributed by atoms with Gasteiger partial charge in [0.2, 0.25) is 0 Å². The molecule has 2 rings (SSSR count). The number of aryl methyl sites for hydroxylation is 1. The first-order chi connectivity index (χ1) is 9.82. The molecule has 1 saturated heterocycles. The lowest BCUT2D eigenvalue weighted by Gasteiger charge is -2.37. The van der Waals surface area contributed by atoms with E-state index in [2.05, 4.69) is 69.2 Å². The zero-order valence-electron chi connectivity index (χ0n) is 14.4. The molecule has 0 bridgehead atoms. The molecule has 0 spiro atoms. The molecule has 2 nitrogen and oxygen atoms in total. The molecule has 21 heavy (non-hydrogen) atoms. The maximum Gasteiger partial charge on any atom is 0.0198 e. The number of piperidine rings is 1. The van der Waals surface area contributed by atoms with E-state index in [1.807, 2.05) is 0 Å². The molecule has 1 fully saturated rings. The van der Waals surface area contributed by atoms with E-state index >= 15 is 0 Å². The Bertz CT molecular complexity index is 430. The van der Waals surface area contributed by atoms with Gasteiger partial charge >= 0.3 is 0 Å². The molecule has 0 aromatic heterocycles. The molecule has 1 aromatic rings. The van der Waals surface area contributed by atoms with E-state index in [1.54, 1.807) is 0 Å². The van der Waals surface area contributed by atoms with Crippen LogP contribution in [-0.4, -0.2) is 37.6 Å². The van der Waals surface area contributed by atoms with Crippen LogP contribution in [-0.2, 0) is 6.42 Å². The minimum absolute atomic E-state index is 0.364. The van der Waals surface area contributed by atoms with Crippen molar-refractivity contribution in [1.29, 1.82) is 0 Å². The Balaban J connectivity index is 1.89. The van der Waals surface area contributed by atoms with Gasteiger partial charge in [-0.2, -0.15) is 0 Å². The van der Waals surface area contributed by atoms with Crippen LogP contribution < -0.4 is 5.32 Å². The van der Waals surface area contributed by atoms with E-state index in [0.29, 0.717) is 11.5 Å². The summed E-state index contributed by atoms with van der Waals surface area (Å²) < 4.78 is 0. The van der Waals surface area contributed by atoms with E-state index in [4.69, 9.17) is 0 Å². The average Bonchev–Trinajstić information content (AvgIpc) is 2.38. The van der Waals surface area contributed by atoms with Crippen molar-refractivity contribution >= 4 is 0 Å². The summed E-state index contributed by atoms with van der Waals surface area (Å²) in [5.74, 6) is 0.768. The third-order valence-electron chi connectivity index (χ3n) is 4.29. The molecule has 1 aliphatic rings. The predicted octanol–water partition coefficient (Wildman–Crippen LogP) is 3.49. The minimum Gasteiger partial charge on any atom is -0.312 e. The number of benzene rings is 1. The maximum absolute atomic E-state index is 3.78.